The number of aromatic nitrogens is 2. The number of rotatable bonds is 3. The average Bonchev–Trinajstić information content (AvgIpc) is 2.35. The molecule has 0 fully saturated rings. The van der Waals surface area contributed by atoms with E-state index in [2.05, 4.69) is 25.9 Å². The lowest BCUT2D eigenvalue weighted by molar-refractivity contribution is 0.280. The highest BCUT2D eigenvalue weighted by molar-refractivity contribution is 9.10. The first-order valence-corrected chi connectivity index (χ1v) is 5.53. The van der Waals surface area contributed by atoms with Gasteiger partial charge in [-0.1, -0.05) is 15.9 Å². The van der Waals surface area contributed by atoms with Crippen molar-refractivity contribution in [3.05, 3.63) is 46.4 Å². The van der Waals surface area contributed by atoms with Gasteiger partial charge in [0.25, 0.3) is 0 Å². The Kier molecular flexibility index (Phi) is 3.65. The van der Waals surface area contributed by atoms with Crippen molar-refractivity contribution < 1.29 is 14.2 Å². The molecule has 88 valence electrons. The van der Waals surface area contributed by atoms with Gasteiger partial charge in [-0.15, -0.1) is 0 Å². The molecule has 0 aliphatic rings. The lowest BCUT2D eigenvalue weighted by atomic mass is 10.3. The molecule has 0 atom stereocenters. The fourth-order valence-electron chi connectivity index (χ4n) is 1.13. The Morgan fingerprint density at radius 1 is 1.29 bits per heavy atom. The van der Waals surface area contributed by atoms with Crippen LogP contribution in [-0.2, 0) is 6.61 Å². The average molecular weight is 299 g/mol. The Labute approximate surface area is 105 Å². The second-order valence-corrected chi connectivity index (χ2v) is 4.12. The molecule has 1 heterocycles. The SMILES string of the molecule is OCc1cnc(Oc2cc(Br)ccc2F)nc1. The minimum Gasteiger partial charge on any atom is -0.421 e. The van der Waals surface area contributed by atoms with Crippen LogP contribution in [0.25, 0.3) is 0 Å². The first kappa shape index (κ1) is 11.9. The van der Waals surface area contributed by atoms with Crippen LogP contribution in [0, 0.1) is 5.82 Å². The van der Waals surface area contributed by atoms with Gasteiger partial charge >= 0.3 is 6.01 Å². The number of aliphatic hydroxyl groups is 1. The van der Waals surface area contributed by atoms with Gasteiger partial charge in [0.05, 0.1) is 6.61 Å². The highest BCUT2D eigenvalue weighted by Crippen LogP contribution is 2.25. The molecule has 4 nitrogen and oxygen atoms in total. The smallest absolute Gasteiger partial charge is 0.321 e. The maximum atomic E-state index is 13.4. The molecular weight excluding hydrogens is 291 g/mol. The number of nitrogens with zero attached hydrogens (tertiary/aromatic N) is 2. The molecular formula is C11H8BrFN2O2. The van der Waals surface area contributed by atoms with Crippen molar-refractivity contribution in [2.75, 3.05) is 0 Å². The quantitative estimate of drug-likeness (QED) is 0.946. The van der Waals surface area contributed by atoms with Gasteiger partial charge in [-0.25, -0.2) is 14.4 Å². The summed E-state index contributed by atoms with van der Waals surface area (Å²) in [6.45, 7) is -0.147. The van der Waals surface area contributed by atoms with Crippen LogP contribution in [0.4, 0.5) is 4.39 Å². The maximum Gasteiger partial charge on any atom is 0.321 e. The Morgan fingerprint density at radius 2 is 2.00 bits per heavy atom. The van der Waals surface area contributed by atoms with Crippen LogP contribution in [0.1, 0.15) is 5.56 Å². The van der Waals surface area contributed by atoms with Crippen LogP contribution in [0.3, 0.4) is 0 Å². The van der Waals surface area contributed by atoms with Crippen LogP contribution in [0.15, 0.2) is 35.1 Å². The van der Waals surface area contributed by atoms with E-state index in [0.29, 0.717) is 10.0 Å². The Bertz CT molecular complexity index is 519. The van der Waals surface area contributed by atoms with E-state index >= 15 is 0 Å². The van der Waals surface area contributed by atoms with Gasteiger partial charge in [-0.3, -0.25) is 0 Å². The lowest BCUT2D eigenvalue weighted by Gasteiger charge is -2.05. The predicted octanol–water partition coefficient (Wildman–Crippen LogP) is 2.66. The Balaban J connectivity index is 2.22. The summed E-state index contributed by atoms with van der Waals surface area (Å²) in [5.74, 6) is -0.459. The summed E-state index contributed by atoms with van der Waals surface area (Å²) in [4.78, 5) is 7.68. The monoisotopic (exact) mass is 298 g/mol. The molecule has 17 heavy (non-hydrogen) atoms. The van der Waals surface area contributed by atoms with Gasteiger partial charge in [0.15, 0.2) is 11.6 Å². The van der Waals surface area contributed by atoms with E-state index in [9.17, 15) is 4.39 Å². The van der Waals surface area contributed by atoms with E-state index in [-0.39, 0.29) is 18.4 Å². The molecule has 1 N–H and O–H groups in total. The van der Waals surface area contributed by atoms with Crippen molar-refractivity contribution in [3.63, 3.8) is 0 Å². The first-order chi connectivity index (χ1) is 8.19. The summed E-state index contributed by atoms with van der Waals surface area (Å²) in [5.41, 5.74) is 0.562. The fourth-order valence-corrected chi connectivity index (χ4v) is 1.47. The van der Waals surface area contributed by atoms with Crippen molar-refractivity contribution >= 4 is 15.9 Å². The predicted molar refractivity (Wildman–Crippen MR) is 62.1 cm³/mol. The largest absolute Gasteiger partial charge is 0.421 e. The molecule has 2 aromatic rings. The molecule has 0 spiro atoms. The third-order valence-corrected chi connectivity index (χ3v) is 2.45. The third kappa shape index (κ3) is 2.98. The van der Waals surface area contributed by atoms with Crippen molar-refractivity contribution in [2.24, 2.45) is 0 Å². The van der Waals surface area contributed by atoms with Gasteiger partial charge in [-0.2, -0.15) is 0 Å². The molecule has 0 unspecified atom stereocenters. The topological polar surface area (TPSA) is 55.2 Å². The molecule has 0 saturated heterocycles. The minimum absolute atomic E-state index is 0.0270. The standard InChI is InChI=1S/C11H8BrFN2O2/c12-8-1-2-9(13)10(3-8)17-11-14-4-7(6-16)5-15-11/h1-5,16H,6H2. The van der Waals surface area contributed by atoms with E-state index in [0.717, 1.165) is 0 Å². The minimum atomic E-state index is -0.497. The van der Waals surface area contributed by atoms with E-state index in [1.54, 1.807) is 6.07 Å². The molecule has 2 rings (SSSR count). The van der Waals surface area contributed by atoms with Gasteiger partial charge in [-0.05, 0) is 18.2 Å². The number of hydrogen-bond donors (Lipinski definition) is 1. The lowest BCUT2D eigenvalue weighted by Crippen LogP contribution is -1.95. The van der Waals surface area contributed by atoms with Gasteiger partial charge in [0.2, 0.25) is 0 Å². The molecule has 1 aromatic heterocycles. The number of ether oxygens (including phenoxy) is 1. The van der Waals surface area contributed by atoms with Crippen LogP contribution in [-0.4, -0.2) is 15.1 Å². The van der Waals surface area contributed by atoms with Crippen LogP contribution >= 0.6 is 15.9 Å². The Morgan fingerprint density at radius 3 is 2.65 bits per heavy atom. The van der Waals surface area contributed by atoms with E-state index in [1.165, 1.54) is 24.5 Å². The van der Waals surface area contributed by atoms with E-state index in [1.807, 2.05) is 0 Å². The number of hydrogen-bond acceptors (Lipinski definition) is 4. The zero-order chi connectivity index (χ0) is 12.3. The molecule has 0 amide bonds. The second kappa shape index (κ2) is 5.20. The van der Waals surface area contributed by atoms with Gasteiger partial charge < -0.3 is 9.84 Å². The highest BCUT2D eigenvalue weighted by Gasteiger charge is 2.07. The highest BCUT2D eigenvalue weighted by atomic mass is 79.9. The number of benzene rings is 1. The second-order valence-electron chi connectivity index (χ2n) is 3.21. The van der Waals surface area contributed by atoms with Crippen LogP contribution < -0.4 is 4.74 Å². The Hall–Kier alpha value is -1.53. The van der Waals surface area contributed by atoms with E-state index < -0.39 is 5.82 Å². The molecule has 1 aromatic carbocycles. The summed E-state index contributed by atoms with van der Waals surface area (Å²) in [6.07, 6.45) is 2.83. The normalized spacial score (nSPS) is 10.3. The third-order valence-electron chi connectivity index (χ3n) is 1.96. The molecule has 6 heteroatoms. The summed E-state index contributed by atoms with van der Waals surface area (Å²) < 4.78 is 19.2. The molecule has 0 bridgehead atoms. The summed E-state index contributed by atoms with van der Waals surface area (Å²) >= 11 is 3.21. The van der Waals surface area contributed by atoms with Crippen molar-refractivity contribution in [2.45, 2.75) is 6.61 Å². The van der Waals surface area contributed by atoms with Crippen molar-refractivity contribution in [3.8, 4) is 11.8 Å². The summed E-state index contributed by atoms with van der Waals surface area (Å²) in [6, 6.07) is 4.36. The molecule has 0 aliphatic carbocycles. The first-order valence-electron chi connectivity index (χ1n) is 4.73. The molecule has 0 aliphatic heterocycles. The zero-order valence-corrected chi connectivity index (χ0v) is 10.2. The zero-order valence-electron chi connectivity index (χ0n) is 8.60. The van der Waals surface area contributed by atoms with Crippen LogP contribution in [0.5, 0.6) is 11.8 Å². The van der Waals surface area contributed by atoms with Gasteiger partial charge in [0.1, 0.15) is 0 Å². The summed E-state index contributed by atoms with van der Waals surface area (Å²) in [7, 11) is 0. The number of halogens is 2. The summed E-state index contributed by atoms with van der Waals surface area (Å²) in [5, 5.41) is 8.81. The van der Waals surface area contributed by atoms with E-state index in [4.69, 9.17) is 9.84 Å². The molecule has 0 saturated carbocycles. The van der Waals surface area contributed by atoms with Crippen molar-refractivity contribution in [1.82, 2.24) is 9.97 Å². The van der Waals surface area contributed by atoms with Crippen molar-refractivity contribution in [1.29, 1.82) is 0 Å². The van der Waals surface area contributed by atoms with Gasteiger partial charge in [0, 0.05) is 22.4 Å². The van der Waals surface area contributed by atoms with Crippen LogP contribution in [0.2, 0.25) is 0 Å². The molecule has 0 radical (unpaired) electrons. The number of aliphatic hydroxyl groups excluding tert-OH is 1. The maximum absolute atomic E-state index is 13.4. The fraction of sp³-hybridized carbons (Fsp3) is 0.0909.